The van der Waals surface area contributed by atoms with E-state index in [1.807, 2.05) is 0 Å². The van der Waals surface area contributed by atoms with Crippen LogP contribution >= 0.6 is 0 Å². The molecule has 0 bridgehead atoms. The minimum Gasteiger partial charge on any atom is -0.478 e. The first-order chi connectivity index (χ1) is 9.21. The van der Waals surface area contributed by atoms with Crippen LogP contribution in [0.25, 0.3) is 0 Å². The Balaban J connectivity index is 2.66. The Hall–Kier alpha value is -1.93. The summed E-state index contributed by atoms with van der Waals surface area (Å²) < 4.78 is 25.7. The average molecular weight is 300 g/mol. The topological polar surface area (TPSA) is 104 Å². The summed E-state index contributed by atoms with van der Waals surface area (Å²) in [6.45, 7) is -0.303. The zero-order chi connectivity index (χ0) is 15.3. The molecule has 2 N–H and O–H groups in total. The molecule has 0 aliphatic carbocycles. The molecule has 0 saturated heterocycles. The molecule has 1 amide bonds. The van der Waals surface area contributed by atoms with Crippen molar-refractivity contribution in [1.29, 1.82) is 0 Å². The van der Waals surface area contributed by atoms with Crippen molar-refractivity contribution in [3.05, 3.63) is 35.4 Å². The molecular formula is C12H16N2O5S. The van der Waals surface area contributed by atoms with Gasteiger partial charge in [0, 0.05) is 14.1 Å². The SMILES string of the molecule is CN(C)C(=O)CNS(=O)(=O)Cc1ccc(C(=O)O)cc1. The van der Waals surface area contributed by atoms with Crippen molar-refractivity contribution in [1.82, 2.24) is 9.62 Å². The van der Waals surface area contributed by atoms with Crippen LogP contribution < -0.4 is 4.72 Å². The van der Waals surface area contributed by atoms with Crippen molar-refractivity contribution in [2.75, 3.05) is 20.6 Å². The molecule has 1 aromatic rings. The third-order valence-corrected chi connectivity index (χ3v) is 3.80. The molecule has 0 aliphatic heterocycles. The summed E-state index contributed by atoms with van der Waals surface area (Å²) in [7, 11) is -0.583. The van der Waals surface area contributed by atoms with Gasteiger partial charge in [-0.3, -0.25) is 4.79 Å². The average Bonchev–Trinajstić information content (AvgIpc) is 2.36. The molecule has 0 aliphatic rings. The van der Waals surface area contributed by atoms with Crippen LogP contribution in [0.5, 0.6) is 0 Å². The molecule has 0 saturated carbocycles. The van der Waals surface area contributed by atoms with Crippen molar-refractivity contribution < 1.29 is 23.1 Å². The monoisotopic (exact) mass is 300 g/mol. The molecule has 8 heteroatoms. The van der Waals surface area contributed by atoms with Gasteiger partial charge >= 0.3 is 5.97 Å². The lowest BCUT2D eigenvalue weighted by Gasteiger charge is -2.11. The van der Waals surface area contributed by atoms with E-state index in [2.05, 4.69) is 4.72 Å². The minimum absolute atomic E-state index is 0.0851. The normalized spacial score (nSPS) is 11.1. The Labute approximate surface area is 117 Å². The van der Waals surface area contributed by atoms with Gasteiger partial charge in [0.25, 0.3) is 0 Å². The number of hydrogen-bond acceptors (Lipinski definition) is 4. The number of aromatic carboxylic acids is 1. The number of hydrogen-bond donors (Lipinski definition) is 2. The minimum atomic E-state index is -3.64. The van der Waals surface area contributed by atoms with E-state index in [1.54, 1.807) is 0 Å². The molecule has 0 fully saturated rings. The maximum absolute atomic E-state index is 11.7. The fourth-order valence-corrected chi connectivity index (χ4v) is 2.42. The van der Waals surface area contributed by atoms with E-state index < -0.39 is 16.0 Å². The zero-order valence-corrected chi connectivity index (χ0v) is 12.0. The van der Waals surface area contributed by atoms with E-state index in [1.165, 1.54) is 43.3 Å². The number of carboxylic acids is 1. The highest BCUT2D eigenvalue weighted by atomic mass is 32.2. The van der Waals surface area contributed by atoms with Gasteiger partial charge in [-0.15, -0.1) is 0 Å². The Morgan fingerprint density at radius 2 is 1.75 bits per heavy atom. The summed E-state index contributed by atoms with van der Waals surface area (Å²) >= 11 is 0. The number of likely N-dealkylation sites (N-methyl/N-ethyl adjacent to an activating group) is 1. The number of nitrogens with zero attached hydrogens (tertiary/aromatic N) is 1. The molecule has 0 aromatic heterocycles. The Morgan fingerprint density at radius 1 is 1.20 bits per heavy atom. The Kier molecular flexibility index (Phi) is 5.23. The number of carbonyl (C=O) groups is 2. The molecule has 20 heavy (non-hydrogen) atoms. The second-order valence-corrected chi connectivity index (χ2v) is 6.18. The molecule has 110 valence electrons. The highest BCUT2D eigenvalue weighted by molar-refractivity contribution is 7.88. The molecule has 1 aromatic carbocycles. The van der Waals surface area contributed by atoms with Crippen molar-refractivity contribution in [3.63, 3.8) is 0 Å². The lowest BCUT2D eigenvalue weighted by atomic mass is 10.1. The van der Waals surface area contributed by atoms with E-state index >= 15 is 0 Å². The highest BCUT2D eigenvalue weighted by Crippen LogP contribution is 2.07. The molecule has 0 spiro atoms. The van der Waals surface area contributed by atoms with Crippen LogP contribution in [0.1, 0.15) is 15.9 Å². The van der Waals surface area contributed by atoms with E-state index in [9.17, 15) is 18.0 Å². The first kappa shape index (κ1) is 16.1. The quantitative estimate of drug-likeness (QED) is 0.763. The van der Waals surface area contributed by atoms with E-state index in [0.29, 0.717) is 5.56 Å². The number of carboxylic acid groups (broad SMARTS) is 1. The van der Waals surface area contributed by atoms with Gasteiger partial charge in [0.15, 0.2) is 0 Å². The third-order valence-electron chi connectivity index (χ3n) is 2.50. The summed E-state index contributed by atoms with van der Waals surface area (Å²) in [6.07, 6.45) is 0. The van der Waals surface area contributed by atoms with Crippen molar-refractivity contribution in [2.45, 2.75) is 5.75 Å². The number of sulfonamides is 1. The van der Waals surface area contributed by atoms with Crippen LogP contribution in [-0.4, -0.2) is 50.9 Å². The summed E-state index contributed by atoms with van der Waals surface area (Å²) in [5.41, 5.74) is 0.529. The Morgan fingerprint density at radius 3 is 2.20 bits per heavy atom. The molecule has 0 atom stereocenters. The van der Waals surface area contributed by atoms with Crippen molar-refractivity contribution >= 4 is 21.9 Å². The van der Waals surface area contributed by atoms with Crippen LogP contribution in [0.15, 0.2) is 24.3 Å². The zero-order valence-electron chi connectivity index (χ0n) is 11.2. The van der Waals surface area contributed by atoms with Crippen LogP contribution in [-0.2, 0) is 20.6 Å². The molecule has 7 nitrogen and oxygen atoms in total. The smallest absolute Gasteiger partial charge is 0.335 e. The first-order valence-electron chi connectivity index (χ1n) is 5.71. The predicted molar refractivity (Wildman–Crippen MR) is 72.7 cm³/mol. The van der Waals surface area contributed by atoms with Crippen LogP contribution in [0.2, 0.25) is 0 Å². The third kappa shape index (κ3) is 4.98. The summed E-state index contributed by atoms with van der Waals surface area (Å²) in [5.74, 6) is -1.74. The molecule has 0 unspecified atom stereocenters. The fourth-order valence-electron chi connectivity index (χ4n) is 1.34. The van der Waals surface area contributed by atoms with Gasteiger partial charge in [0.1, 0.15) is 0 Å². The lowest BCUT2D eigenvalue weighted by molar-refractivity contribution is -0.127. The van der Waals surface area contributed by atoms with Crippen molar-refractivity contribution in [3.8, 4) is 0 Å². The lowest BCUT2D eigenvalue weighted by Crippen LogP contribution is -2.36. The summed E-state index contributed by atoms with van der Waals surface area (Å²) in [6, 6.07) is 5.52. The van der Waals surface area contributed by atoms with Crippen LogP contribution in [0.3, 0.4) is 0 Å². The second kappa shape index (κ2) is 6.49. The van der Waals surface area contributed by atoms with Crippen LogP contribution in [0, 0.1) is 0 Å². The Bertz CT molecular complexity index is 593. The van der Waals surface area contributed by atoms with Gasteiger partial charge in [-0.05, 0) is 17.7 Å². The summed E-state index contributed by atoms with van der Waals surface area (Å²) in [5, 5.41) is 8.73. The van der Waals surface area contributed by atoms with Gasteiger partial charge in [-0.25, -0.2) is 17.9 Å². The summed E-state index contributed by atoms with van der Waals surface area (Å²) in [4.78, 5) is 23.2. The number of benzene rings is 1. The maximum Gasteiger partial charge on any atom is 0.335 e. The molecular weight excluding hydrogens is 284 g/mol. The highest BCUT2D eigenvalue weighted by Gasteiger charge is 2.14. The molecule has 0 heterocycles. The van der Waals surface area contributed by atoms with E-state index in [-0.39, 0.29) is 23.8 Å². The van der Waals surface area contributed by atoms with Crippen molar-refractivity contribution in [2.24, 2.45) is 0 Å². The number of rotatable bonds is 6. The van der Waals surface area contributed by atoms with E-state index in [4.69, 9.17) is 5.11 Å². The maximum atomic E-state index is 11.7. The molecule has 0 radical (unpaired) electrons. The van der Waals surface area contributed by atoms with Gasteiger partial charge in [-0.2, -0.15) is 0 Å². The predicted octanol–water partition coefficient (Wildman–Crippen LogP) is -0.108. The van der Waals surface area contributed by atoms with E-state index in [0.717, 1.165) is 0 Å². The number of carbonyl (C=O) groups excluding carboxylic acids is 1. The standard InChI is InChI=1S/C12H16N2O5S/c1-14(2)11(15)7-13-20(18,19)8-9-3-5-10(6-4-9)12(16)17/h3-6,13H,7-8H2,1-2H3,(H,16,17). The molecule has 1 rings (SSSR count). The fraction of sp³-hybridized carbons (Fsp3) is 0.333. The second-order valence-electron chi connectivity index (χ2n) is 4.37. The van der Waals surface area contributed by atoms with Gasteiger partial charge in [0.05, 0.1) is 17.9 Å². The number of amides is 1. The van der Waals surface area contributed by atoms with Gasteiger partial charge < -0.3 is 10.0 Å². The first-order valence-corrected chi connectivity index (χ1v) is 7.36. The largest absolute Gasteiger partial charge is 0.478 e. The van der Waals surface area contributed by atoms with Gasteiger partial charge in [0.2, 0.25) is 15.9 Å². The van der Waals surface area contributed by atoms with Crippen LogP contribution in [0.4, 0.5) is 0 Å². The van der Waals surface area contributed by atoms with Gasteiger partial charge in [-0.1, -0.05) is 12.1 Å². The number of nitrogens with one attached hydrogen (secondary N) is 1.